The summed E-state index contributed by atoms with van der Waals surface area (Å²) in [4.78, 5) is 6.69. The van der Waals surface area contributed by atoms with Gasteiger partial charge >= 0.3 is 0 Å². The third-order valence-corrected chi connectivity index (χ3v) is 2.67. The minimum Gasteiger partial charge on any atom is -0.329 e. The van der Waals surface area contributed by atoms with Crippen LogP contribution in [0.1, 0.15) is 11.3 Å². The fraction of sp³-hybridized carbons (Fsp3) is 0.214. The lowest BCUT2D eigenvalue weighted by Gasteiger charge is -2.20. The molecule has 0 atom stereocenters. The van der Waals surface area contributed by atoms with Crippen molar-refractivity contribution in [2.75, 3.05) is 11.9 Å². The molecule has 0 amide bonds. The fourth-order valence-corrected chi connectivity index (χ4v) is 1.73. The molecule has 1 heterocycles. The van der Waals surface area contributed by atoms with Crippen LogP contribution in [0.25, 0.3) is 0 Å². The molecule has 2 rings (SSSR count). The summed E-state index contributed by atoms with van der Waals surface area (Å²) in [7, 11) is 2.05. The first-order valence-electron chi connectivity index (χ1n) is 5.41. The minimum absolute atomic E-state index is 1.02. The first-order valence-corrected chi connectivity index (χ1v) is 5.41. The van der Waals surface area contributed by atoms with Crippen molar-refractivity contribution >= 4 is 11.5 Å². The van der Waals surface area contributed by atoms with E-state index in [4.69, 9.17) is 0 Å². The van der Waals surface area contributed by atoms with Crippen LogP contribution >= 0.6 is 0 Å². The number of pyridine rings is 1. The Balaban J connectivity index is 2.41. The van der Waals surface area contributed by atoms with Gasteiger partial charge in [-0.25, -0.2) is 4.98 Å². The van der Waals surface area contributed by atoms with Crippen LogP contribution in [0.3, 0.4) is 0 Å². The summed E-state index contributed by atoms with van der Waals surface area (Å²) < 4.78 is 0. The number of aromatic nitrogens is 1. The Kier molecular flexibility index (Phi) is 2.91. The fourth-order valence-electron chi connectivity index (χ4n) is 1.73. The summed E-state index contributed by atoms with van der Waals surface area (Å²) in [5.74, 6) is 1.02. The molecule has 2 heteroatoms. The molecule has 82 valence electrons. The predicted molar refractivity (Wildman–Crippen MR) is 68.2 cm³/mol. The molecular weight excluding hydrogens is 196 g/mol. The quantitative estimate of drug-likeness (QED) is 0.757. The summed E-state index contributed by atoms with van der Waals surface area (Å²) in [6.45, 7) is 4.10. The summed E-state index contributed by atoms with van der Waals surface area (Å²) in [6.07, 6.45) is 0. The lowest BCUT2D eigenvalue weighted by atomic mass is 10.2. The van der Waals surface area contributed by atoms with Crippen LogP contribution in [0.15, 0.2) is 42.5 Å². The Bertz CT molecular complexity index is 477. The van der Waals surface area contributed by atoms with Crippen LogP contribution in [-0.2, 0) is 0 Å². The second-order valence-electron chi connectivity index (χ2n) is 3.99. The SMILES string of the molecule is Cc1ccc(C)c(N(C)c2ccccc2)n1. The van der Waals surface area contributed by atoms with Gasteiger partial charge in [0.15, 0.2) is 0 Å². The van der Waals surface area contributed by atoms with Gasteiger partial charge in [-0.2, -0.15) is 0 Å². The molecule has 0 bridgehead atoms. The Labute approximate surface area is 96.6 Å². The first kappa shape index (κ1) is 10.7. The van der Waals surface area contributed by atoms with Crippen LogP contribution in [-0.4, -0.2) is 12.0 Å². The summed E-state index contributed by atoms with van der Waals surface area (Å²) >= 11 is 0. The van der Waals surface area contributed by atoms with E-state index in [1.54, 1.807) is 0 Å². The zero-order chi connectivity index (χ0) is 11.5. The van der Waals surface area contributed by atoms with Crippen LogP contribution in [0.5, 0.6) is 0 Å². The molecule has 0 radical (unpaired) electrons. The lowest BCUT2D eigenvalue weighted by molar-refractivity contribution is 1.07. The molecular formula is C14H16N2. The van der Waals surface area contributed by atoms with E-state index in [0.717, 1.165) is 17.2 Å². The molecule has 16 heavy (non-hydrogen) atoms. The second kappa shape index (κ2) is 4.35. The number of nitrogens with zero attached hydrogens (tertiary/aromatic N) is 2. The average Bonchev–Trinajstić information content (AvgIpc) is 2.32. The van der Waals surface area contributed by atoms with Crippen molar-refractivity contribution < 1.29 is 0 Å². The van der Waals surface area contributed by atoms with Gasteiger partial charge < -0.3 is 4.90 Å². The van der Waals surface area contributed by atoms with E-state index in [-0.39, 0.29) is 0 Å². The van der Waals surface area contributed by atoms with E-state index < -0.39 is 0 Å². The number of para-hydroxylation sites is 1. The molecule has 0 N–H and O–H groups in total. The molecule has 0 unspecified atom stereocenters. The van der Waals surface area contributed by atoms with Crippen molar-refractivity contribution in [1.82, 2.24) is 4.98 Å². The average molecular weight is 212 g/mol. The molecule has 1 aromatic heterocycles. The van der Waals surface area contributed by atoms with E-state index in [2.05, 4.69) is 35.0 Å². The maximum absolute atomic E-state index is 4.57. The summed E-state index contributed by atoms with van der Waals surface area (Å²) in [6, 6.07) is 14.4. The van der Waals surface area contributed by atoms with E-state index >= 15 is 0 Å². The number of rotatable bonds is 2. The topological polar surface area (TPSA) is 16.1 Å². The van der Waals surface area contributed by atoms with E-state index in [0.29, 0.717) is 0 Å². The highest BCUT2D eigenvalue weighted by Crippen LogP contribution is 2.24. The second-order valence-corrected chi connectivity index (χ2v) is 3.99. The summed E-state index contributed by atoms with van der Waals surface area (Å²) in [5.41, 5.74) is 3.39. The molecule has 0 spiro atoms. The molecule has 2 aromatic rings. The largest absolute Gasteiger partial charge is 0.329 e. The third-order valence-electron chi connectivity index (χ3n) is 2.67. The minimum atomic E-state index is 1.02. The van der Waals surface area contributed by atoms with E-state index in [1.165, 1.54) is 5.56 Å². The van der Waals surface area contributed by atoms with Crippen molar-refractivity contribution in [1.29, 1.82) is 0 Å². The van der Waals surface area contributed by atoms with Gasteiger partial charge in [0.05, 0.1) is 0 Å². The molecule has 0 aliphatic carbocycles. The van der Waals surface area contributed by atoms with Gasteiger partial charge in [-0.15, -0.1) is 0 Å². The van der Waals surface area contributed by atoms with E-state index in [1.807, 2.05) is 38.2 Å². The highest BCUT2D eigenvalue weighted by Gasteiger charge is 2.07. The Morgan fingerprint density at radius 1 is 0.938 bits per heavy atom. The highest BCUT2D eigenvalue weighted by molar-refractivity contribution is 5.61. The van der Waals surface area contributed by atoms with Gasteiger partial charge in [0.2, 0.25) is 0 Å². The van der Waals surface area contributed by atoms with Crippen molar-refractivity contribution in [2.45, 2.75) is 13.8 Å². The van der Waals surface area contributed by atoms with Crippen LogP contribution in [0.4, 0.5) is 11.5 Å². The lowest BCUT2D eigenvalue weighted by Crippen LogP contribution is -2.12. The summed E-state index contributed by atoms with van der Waals surface area (Å²) in [5, 5.41) is 0. The molecule has 0 aliphatic heterocycles. The van der Waals surface area contributed by atoms with Gasteiger partial charge in [0, 0.05) is 18.4 Å². The number of aryl methyl sites for hydroxylation is 2. The zero-order valence-corrected chi connectivity index (χ0v) is 9.94. The maximum Gasteiger partial charge on any atom is 0.135 e. The smallest absolute Gasteiger partial charge is 0.135 e. The van der Waals surface area contributed by atoms with Gasteiger partial charge in [0.1, 0.15) is 5.82 Å². The monoisotopic (exact) mass is 212 g/mol. The molecule has 1 aromatic carbocycles. The highest BCUT2D eigenvalue weighted by atomic mass is 15.2. The van der Waals surface area contributed by atoms with E-state index in [9.17, 15) is 0 Å². The maximum atomic E-state index is 4.57. The van der Waals surface area contributed by atoms with Crippen LogP contribution in [0.2, 0.25) is 0 Å². The van der Waals surface area contributed by atoms with Crippen molar-refractivity contribution in [3.05, 3.63) is 53.7 Å². The first-order chi connectivity index (χ1) is 7.68. The van der Waals surface area contributed by atoms with Crippen molar-refractivity contribution in [2.24, 2.45) is 0 Å². The Hall–Kier alpha value is -1.83. The Morgan fingerprint density at radius 3 is 2.31 bits per heavy atom. The van der Waals surface area contributed by atoms with Gasteiger partial charge in [0.25, 0.3) is 0 Å². The molecule has 0 saturated carbocycles. The molecule has 2 nitrogen and oxygen atoms in total. The Morgan fingerprint density at radius 2 is 1.62 bits per heavy atom. The molecule has 0 aliphatic rings. The zero-order valence-electron chi connectivity index (χ0n) is 9.94. The van der Waals surface area contributed by atoms with Gasteiger partial charge in [-0.05, 0) is 37.6 Å². The number of hydrogen-bond donors (Lipinski definition) is 0. The van der Waals surface area contributed by atoms with Crippen LogP contribution < -0.4 is 4.90 Å². The van der Waals surface area contributed by atoms with Crippen LogP contribution in [0, 0.1) is 13.8 Å². The number of anilines is 2. The normalized spacial score (nSPS) is 10.2. The predicted octanol–water partition coefficient (Wildman–Crippen LogP) is 3.47. The number of benzene rings is 1. The van der Waals surface area contributed by atoms with Gasteiger partial charge in [-0.1, -0.05) is 24.3 Å². The number of hydrogen-bond acceptors (Lipinski definition) is 2. The van der Waals surface area contributed by atoms with Crippen molar-refractivity contribution in [3.8, 4) is 0 Å². The molecule has 0 fully saturated rings. The molecule has 0 saturated heterocycles. The van der Waals surface area contributed by atoms with Crippen molar-refractivity contribution in [3.63, 3.8) is 0 Å². The third kappa shape index (κ3) is 2.06. The van der Waals surface area contributed by atoms with Gasteiger partial charge in [-0.3, -0.25) is 0 Å². The standard InChI is InChI=1S/C14H16N2/c1-11-9-10-12(2)15-14(11)16(3)13-7-5-4-6-8-13/h4-10H,1-3H3.